The Balaban J connectivity index is 2.34. The summed E-state index contributed by atoms with van der Waals surface area (Å²) in [5, 5.41) is 8.96. The lowest BCUT2D eigenvalue weighted by molar-refractivity contribution is -0.137. The minimum absolute atomic E-state index is 0.0471. The lowest BCUT2D eigenvalue weighted by Gasteiger charge is -2.15. The van der Waals surface area contributed by atoms with Gasteiger partial charge in [-0.3, -0.25) is 18.7 Å². The molecule has 0 saturated heterocycles. The second kappa shape index (κ2) is 7.09. The molecule has 8 nitrogen and oxygen atoms in total. The zero-order valence-electron chi connectivity index (χ0n) is 12.9. The molecule has 128 valence electrons. The van der Waals surface area contributed by atoms with Gasteiger partial charge in [0, 0.05) is 25.1 Å². The molecule has 2 aromatic rings. The van der Waals surface area contributed by atoms with Crippen LogP contribution in [0.3, 0.4) is 0 Å². The van der Waals surface area contributed by atoms with Crippen molar-refractivity contribution in [2.24, 2.45) is 7.05 Å². The maximum Gasteiger partial charge on any atom is 0.339 e. The fourth-order valence-electron chi connectivity index (χ4n) is 2.27. The van der Waals surface area contributed by atoms with Crippen molar-refractivity contribution in [2.45, 2.75) is 18.5 Å². The fraction of sp³-hybridized carbons (Fsp3) is 0.267. The van der Waals surface area contributed by atoms with E-state index in [4.69, 9.17) is 14.9 Å². The lowest BCUT2D eigenvalue weighted by atomic mass is 10.1. The number of hydrogen-bond donors (Lipinski definition) is 3. The minimum atomic E-state index is -4.78. The Morgan fingerprint density at radius 1 is 1.29 bits per heavy atom. The second-order valence-corrected chi connectivity index (χ2v) is 7.10. The Bertz CT molecular complexity index is 843. The molecule has 9 heteroatoms. The summed E-state index contributed by atoms with van der Waals surface area (Å²) < 4.78 is 12.5. The Morgan fingerprint density at radius 3 is 2.46 bits per heavy atom. The van der Waals surface area contributed by atoms with Crippen molar-refractivity contribution in [2.75, 3.05) is 0 Å². The Morgan fingerprint density at radius 2 is 1.92 bits per heavy atom. The SMILES string of the molecule is Cn1c(CCC(C(=O)O)P(=O)(O)O)nc(-c2ccccc2)cc1=O. The van der Waals surface area contributed by atoms with Crippen molar-refractivity contribution in [3.8, 4) is 11.3 Å². The first kappa shape index (κ1) is 18.1. The van der Waals surface area contributed by atoms with Crippen LogP contribution >= 0.6 is 7.60 Å². The molecule has 0 radical (unpaired) electrons. The Kier molecular flexibility index (Phi) is 5.33. The van der Waals surface area contributed by atoms with Crippen LogP contribution in [-0.4, -0.2) is 36.1 Å². The lowest BCUT2D eigenvalue weighted by Crippen LogP contribution is -2.25. The maximum absolute atomic E-state index is 12.1. The number of nitrogens with zero attached hydrogens (tertiary/aromatic N) is 2. The molecule has 2 rings (SSSR count). The largest absolute Gasteiger partial charge is 0.481 e. The van der Waals surface area contributed by atoms with E-state index in [0.29, 0.717) is 5.69 Å². The predicted octanol–water partition coefficient (Wildman–Crippen LogP) is 1.01. The van der Waals surface area contributed by atoms with E-state index in [1.807, 2.05) is 6.07 Å². The fourth-order valence-corrected chi connectivity index (χ4v) is 3.02. The first-order chi connectivity index (χ1) is 11.2. The van der Waals surface area contributed by atoms with E-state index in [1.54, 1.807) is 24.3 Å². The molecule has 1 aromatic carbocycles. The van der Waals surface area contributed by atoms with E-state index < -0.39 is 19.2 Å². The van der Waals surface area contributed by atoms with E-state index in [9.17, 15) is 14.2 Å². The number of hydrogen-bond acceptors (Lipinski definition) is 4. The summed E-state index contributed by atoms with van der Waals surface area (Å²) in [6, 6.07) is 10.3. The molecule has 0 aliphatic heterocycles. The number of benzene rings is 1. The monoisotopic (exact) mass is 352 g/mol. The van der Waals surface area contributed by atoms with E-state index >= 15 is 0 Å². The van der Waals surface area contributed by atoms with Gasteiger partial charge in [-0.1, -0.05) is 30.3 Å². The third kappa shape index (κ3) is 4.17. The Labute approximate surface area is 137 Å². The van der Waals surface area contributed by atoms with Crippen molar-refractivity contribution in [1.82, 2.24) is 9.55 Å². The number of carboxylic acid groups (broad SMARTS) is 1. The van der Waals surface area contributed by atoms with Gasteiger partial charge >= 0.3 is 13.6 Å². The molecule has 0 fully saturated rings. The van der Waals surface area contributed by atoms with Gasteiger partial charge in [0.25, 0.3) is 5.56 Å². The van der Waals surface area contributed by atoms with Gasteiger partial charge in [-0.2, -0.15) is 0 Å². The zero-order valence-corrected chi connectivity index (χ0v) is 13.8. The summed E-state index contributed by atoms with van der Waals surface area (Å²) in [4.78, 5) is 45.7. The third-order valence-corrected chi connectivity index (χ3v) is 4.92. The average Bonchev–Trinajstić information content (AvgIpc) is 2.50. The van der Waals surface area contributed by atoms with Gasteiger partial charge in [-0.15, -0.1) is 0 Å². The van der Waals surface area contributed by atoms with Crippen LogP contribution < -0.4 is 5.56 Å². The summed E-state index contributed by atoms with van der Waals surface area (Å²) in [5.41, 5.74) is -1.00. The van der Waals surface area contributed by atoms with Gasteiger partial charge in [-0.05, 0) is 6.42 Å². The first-order valence-corrected chi connectivity index (χ1v) is 8.78. The van der Waals surface area contributed by atoms with Crippen molar-refractivity contribution >= 4 is 13.6 Å². The molecule has 1 aromatic heterocycles. The van der Waals surface area contributed by atoms with Crippen molar-refractivity contribution in [1.29, 1.82) is 0 Å². The van der Waals surface area contributed by atoms with Crippen molar-refractivity contribution in [3.63, 3.8) is 0 Å². The summed E-state index contributed by atoms with van der Waals surface area (Å²) in [7, 11) is -3.30. The topological polar surface area (TPSA) is 130 Å². The van der Waals surface area contributed by atoms with Crippen LogP contribution in [0, 0.1) is 0 Å². The maximum atomic E-state index is 12.1. The van der Waals surface area contributed by atoms with E-state index in [2.05, 4.69) is 4.98 Å². The quantitative estimate of drug-likeness (QED) is 0.662. The Hall–Kier alpha value is -2.28. The summed E-state index contributed by atoms with van der Waals surface area (Å²) in [6.07, 6.45) is -0.368. The standard InChI is InChI=1S/C15H17N2O6P/c1-17-13(8-7-12(15(19)20)24(21,22)23)16-11(9-14(17)18)10-5-3-2-4-6-10/h2-6,9,12H,7-8H2,1H3,(H,19,20)(H2,21,22,23). The van der Waals surface area contributed by atoms with E-state index in [1.165, 1.54) is 17.7 Å². The molecule has 24 heavy (non-hydrogen) atoms. The average molecular weight is 352 g/mol. The second-order valence-electron chi connectivity index (χ2n) is 5.30. The van der Waals surface area contributed by atoms with Crippen LogP contribution in [0.2, 0.25) is 0 Å². The number of carboxylic acids is 1. The van der Waals surface area contributed by atoms with Gasteiger partial charge in [0.15, 0.2) is 5.66 Å². The summed E-state index contributed by atoms with van der Waals surface area (Å²) in [5.74, 6) is -1.31. The molecule has 0 amide bonds. The molecule has 0 aliphatic rings. The number of carbonyl (C=O) groups is 1. The normalized spacial score (nSPS) is 12.8. The molecule has 0 aliphatic carbocycles. The first-order valence-electron chi connectivity index (χ1n) is 7.10. The molecular weight excluding hydrogens is 335 g/mol. The smallest absolute Gasteiger partial charge is 0.339 e. The van der Waals surface area contributed by atoms with Crippen LogP contribution in [0.25, 0.3) is 11.3 Å². The highest BCUT2D eigenvalue weighted by Gasteiger charge is 2.35. The molecule has 1 heterocycles. The van der Waals surface area contributed by atoms with Crippen LogP contribution in [0.5, 0.6) is 0 Å². The minimum Gasteiger partial charge on any atom is -0.481 e. The van der Waals surface area contributed by atoms with E-state index in [0.717, 1.165) is 5.56 Å². The predicted molar refractivity (Wildman–Crippen MR) is 86.7 cm³/mol. The molecule has 0 saturated carbocycles. The zero-order chi connectivity index (χ0) is 17.9. The van der Waals surface area contributed by atoms with Gasteiger partial charge in [0.05, 0.1) is 5.69 Å². The van der Waals surface area contributed by atoms with Crippen LogP contribution in [0.15, 0.2) is 41.2 Å². The molecule has 1 atom stereocenters. The van der Waals surface area contributed by atoms with Crippen molar-refractivity contribution in [3.05, 3.63) is 52.6 Å². The van der Waals surface area contributed by atoms with Crippen molar-refractivity contribution < 1.29 is 24.3 Å². The number of aryl methyl sites for hydroxylation is 1. The third-order valence-electron chi connectivity index (χ3n) is 3.63. The van der Waals surface area contributed by atoms with E-state index in [-0.39, 0.29) is 24.2 Å². The highest BCUT2D eigenvalue weighted by atomic mass is 31.2. The van der Waals surface area contributed by atoms with Gasteiger partial charge in [0.2, 0.25) is 0 Å². The molecule has 3 N–H and O–H groups in total. The molecule has 1 unspecified atom stereocenters. The number of aliphatic carboxylic acids is 1. The summed E-state index contributed by atoms with van der Waals surface area (Å²) in [6.45, 7) is 0. The van der Waals surface area contributed by atoms with Crippen LogP contribution in [0.1, 0.15) is 12.2 Å². The van der Waals surface area contributed by atoms with Crippen LogP contribution in [0.4, 0.5) is 0 Å². The van der Waals surface area contributed by atoms with Gasteiger partial charge in [0.1, 0.15) is 5.82 Å². The number of aromatic nitrogens is 2. The highest BCUT2D eigenvalue weighted by Crippen LogP contribution is 2.43. The number of rotatable bonds is 6. The van der Waals surface area contributed by atoms with Gasteiger partial charge in [-0.25, -0.2) is 4.98 Å². The van der Waals surface area contributed by atoms with Gasteiger partial charge < -0.3 is 14.9 Å². The summed E-state index contributed by atoms with van der Waals surface area (Å²) >= 11 is 0. The molecule has 0 bridgehead atoms. The highest BCUT2D eigenvalue weighted by molar-refractivity contribution is 7.53. The molecular formula is C15H17N2O6P. The molecule has 0 spiro atoms. The van der Waals surface area contributed by atoms with Crippen LogP contribution in [-0.2, 0) is 22.8 Å².